The largest absolute Gasteiger partial charge is 0.480 e. The third-order valence-electron chi connectivity index (χ3n) is 8.58. The lowest BCUT2D eigenvalue weighted by atomic mass is 9.44. The van der Waals surface area contributed by atoms with E-state index < -0.39 is 22.8 Å². The van der Waals surface area contributed by atoms with Crippen molar-refractivity contribution >= 4 is 17.8 Å². The molecule has 0 aliphatic heterocycles. The summed E-state index contributed by atoms with van der Waals surface area (Å²) in [6.07, 6.45) is 6.08. The number of esters is 1. The summed E-state index contributed by atoms with van der Waals surface area (Å²) < 4.78 is 15.5. The maximum atomic E-state index is 13.7. The van der Waals surface area contributed by atoms with Gasteiger partial charge in [0, 0.05) is 12.6 Å². The molecule has 2 N–H and O–H groups in total. The van der Waals surface area contributed by atoms with Gasteiger partial charge < -0.3 is 24.6 Å². The van der Waals surface area contributed by atoms with Gasteiger partial charge in [0.2, 0.25) is 11.8 Å². The maximum Gasteiger partial charge on any atom is 0.326 e. The molecule has 0 spiro atoms. The van der Waals surface area contributed by atoms with Crippen molar-refractivity contribution in [1.82, 2.24) is 15.3 Å². The molecule has 2 unspecified atom stereocenters. The minimum Gasteiger partial charge on any atom is -0.480 e. The number of carbonyl (C=O) groups is 3. The molecule has 10 nitrogen and oxygen atoms in total. The Morgan fingerprint density at radius 1 is 1.03 bits per heavy atom. The van der Waals surface area contributed by atoms with Crippen LogP contribution in [0.5, 0.6) is 11.9 Å². The van der Waals surface area contributed by atoms with E-state index in [1.807, 2.05) is 24.3 Å². The number of hydrogen-bond acceptors (Lipinski definition) is 8. The molecule has 4 aliphatic carbocycles. The molecule has 1 aromatic heterocycles. The first-order chi connectivity index (χ1) is 18.2. The fourth-order valence-corrected chi connectivity index (χ4v) is 7.35. The summed E-state index contributed by atoms with van der Waals surface area (Å²) in [5, 5.41) is 12.8. The molecule has 4 saturated carbocycles. The second kappa shape index (κ2) is 9.89. The van der Waals surface area contributed by atoms with Crippen LogP contribution in [-0.2, 0) is 25.5 Å². The number of aromatic nitrogens is 2. The van der Waals surface area contributed by atoms with Gasteiger partial charge in [-0.1, -0.05) is 24.3 Å². The van der Waals surface area contributed by atoms with Crippen LogP contribution in [0.2, 0.25) is 0 Å². The van der Waals surface area contributed by atoms with Gasteiger partial charge in [-0.25, -0.2) is 9.78 Å². The molecule has 4 fully saturated rings. The number of ether oxygens (including phenoxy) is 3. The number of rotatable bonds is 9. The van der Waals surface area contributed by atoms with Gasteiger partial charge in [-0.3, -0.25) is 9.59 Å². The van der Waals surface area contributed by atoms with E-state index in [2.05, 4.69) is 15.3 Å². The Hall–Kier alpha value is -3.69. The number of hydrogen-bond donors (Lipinski definition) is 2. The van der Waals surface area contributed by atoms with Crippen LogP contribution in [0, 0.1) is 22.7 Å². The van der Waals surface area contributed by atoms with Crippen molar-refractivity contribution in [2.75, 3.05) is 21.3 Å². The number of carboxylic acid groups (broad SMARTS) is 1. The van der Waals surface area contributed by atoms with Crippen LogP contribution in [0.15, 0.2) is 30.5 Å². The van der Waals surface area contributed by atoms with Crippen molar-refractivity contribution in [3.8, 4) is 23.0 Å². The van der Waals surface area contributed by atoms with Gasteiger partial charge in [0.1, 0.15) is 6.04 Å². The van der Waals surface area contributed by atoms with Crippen molar-refractivity contribution in [3.63, 3.8) is 0 Å². The lowest BCUT2D eigenvalue weighted by molar-refractivity contribution is -0.182. The van der Waals surface area contributed by atoms with Gasteiger partial charge in [0.15, 0.2) is 0 Å². The molecule has 6 rings (SSSR count). The maximum absolute atomic E-state index is 13.7. The van der Waals surface area contributed by atoms with Gasteiger partial charge in [-0.15, -0.1) is 0 Å². The van der Waals surface area contributed by atoms with Crippen LogP contribution in [0.3, 0.4) is 0 Å². The average molecular weight is 524 g/mol. The van der Waals surface area contributed by atoms with Crippen LogP contribution in [-0.4, -0.2) is 60.3 Å². The van der Waals surface area contributed by atoms with E-state index in [9.17, 15) is 19.5 Å². The molecule has 1 aromatic carbocycles. The molecular weight excluding hydrogens is 490 g/mol. The standard InChI is InChI=1S/C28H33N3O7/c1-36-22-20(14-29-26(31-22)38-3)19-6-4-16(5-7-19)9-21(23(32)33)30-24(34)27-10-17-8-18(11-27)13-28(12-17,15-27)25(35)37-2/h4-7,14,17-18,21H,8-13,15H2,1-3H3,(H,30,34)(H,32,33)/t17?,18?,21-,27?,28?/m0/s1. The number of amides is 1. The third-order valence-corrected chi connectivity index (χ3v) is 8.58. The summed E-state index contributed by atoms with van der Waals surface area (Å²) in [4.78, 5) is 46.9. The predicted molar refractivity (Wildman–Crippen MR) is 135 cm³/mol. The van der Waals surface area contributed by atoms with Gasteiger partial charge in [-0.2, -0.15) is 4.98 Å². The minimum absolute atomic E-state index is 0.128. The highest BCUT2D eigenvalue weighted by Crippen LogP contribution is 2.65. The molecule has 4 bridgehead atoms. The highest BCUT2D eigenvalue weighted by Gasteiger charge is 2.63. The van der Waals surface area contributed by atoms with E-state index in [-0.39, 0.29) is 36.1 Å². The second-order valence-electron chi connectivity index (χ2n) is 11.1. The number of carbonyl (C=O) groups excluding carboxylic acids is 2. The third kappa shape index (κ3) is 4.56. The zero-order valence-corrected chi connectivity index (χ0v) is 21.9. The second-order valence-corrected chi connectivity index (χ2v) is 11.1. The lowest BCUT2D eigenvalue weighted by Gasteiger charge is -2.59. The summed E-state index contributed by atoms with van der Waals surface area (Å²) in [6.45, 7) is 0. The first kappa shape index (κ1) is 25.9. The molecule has 10 heteroatoms. The molecule has 4 aliphatic rings. The molecule has 2 aromatic rings. The fraction of sp³-hybridized carbons (Fsp3) is 0.536. The van der Waals surface area contributed by atoms with E-state index in [4.69, 9.17) is 14.2 Å². The van der Waals surface area contributed by atoms with E-state index in [0.29, 0.717) is 30.7 Å². The van der Waals surface area contributed by atoms with Crippen molar-refractivity contribution in [2.45, 2.75) is 51.0 Å². The zero-order chi connectivity index (χ0) is 27.1. The van der Waals surface area contributed by atoms with Gasteiger partial charge in [0.25, 0.3) is 0 Å². The highest BCUT2D eigenvalue weighted by atomic mass is 16.5. The Morgan fingerprint density at radius 3 is 2.26 bits per heavy atom. The Labute approximate surface area is 221 Å². The van der Waals surface area contributed by atoms with Crippen LogP contribution in [0.25, 0.3) is 11.1 Å². The Kier molecular flexibility index (Phi) is 6.75. The molecule has 0 saturated heterocycles. The summed E-state index contributed by atoms with van der Waals surface area (Å²) in [5.41, 5.74) is 0.874. The van der Waals surface area contributed by atoms with Crippen LogP contribution < -0.4 is 14.8 Å². The first-order valence-corrected chi connectivity index (χ1v) is 12.9. The van der Waals surface area contributed by atoms with Gasteiger partial charge in [0.05, 0.1) is 37.7 Å². The molecular formula is C28H33N3O7. The molecule has 1 heterocycles. The summed E-state index contributed by atoms with van der Waals surface area (Å²) >= 11 is 0. The summed E-state index contributed by atoms with van der Waals surface area (Å²) in [5.74, 6) is -0.658. The van der Waals surface area contributed by atoms with Crippen LogP contribution in [0.1, 0.15) is 44.1 Å². The van der Waals surface area contributed by atoms with E-state index >= 15 is 0 Å². The molecule has 0 radical (unpaired) electrons. The number of carboxylic acids is 1. The van der Waals surface area contributed by atoms with Crippen molar-refractivity contribution < 1.29 is 33.7 Å². The number of methoxy groups -OCH3 is 3. The topological polar surface area (TPSA) is 137 Å². The van der Waals surface area contributed by atoms with Crippen molar-refractivity contribution in [3.05, 3.63) is 36.0 Å². The predicted octanol–water partition coefficient (Wildman–Crippen LogP) is 3.03. The SMILES string of the molecule is COC(=O)C12CC3CC(CC(C(=O)N[C@@H](Cc4ccc(-c5cnc(OC)nc5OC)cc4)C(=O)O)(C3)C1)C2. The van der Waals surface area contributed by atoms with Crippen LogP contribution in [0.4, 0.5) is 0 Å². The van der Waals surface area contributed by atoms with Crippen molar-refractivity contribution in [1.29, 1.82) is 0 Å². The van der Waals surface area contributed by atoms with Crippen LogP contribution >= 0.6 is 0 Å². The average Bonchev–Trinajstić information content (AvgIpc) is 2.91. The number of nitrogens with zero attached hydrogens (tertiary/aromatic N) is 2. The fourth-order valence-electron chi connectivity index (χ4n) is 7.35. The normalized spacial score (nSPS) is 27.9. The molecule has 3 atom stereocenters. The number of benzene rings is 1. The lowest BCUT2D eigenvalue weighted by Crippen LogP contribution is -2.61. The highest BCUT2D eigenvalue weighted by molar-refractivity contribution is 5.89. The molecule has 202 valence electrons. The van der Waals surface area contributed by atoms with E-state index in [1.165, 1.54) is 21.3 Å². The monoisotopic (exact) mass is 523 g/mol. The smallest absolute Gasteiger partial charge is 0.326 e. The minimum atomic E-state index is -1.10. The Balaban J connectivity index is 1.31. The Morgan fingerprint density at radius 2 is 1.68 bits per heavy atom. The summed E-state index contributed by atoms with van der Waals surface area (Å²) in [6, 6.07) is 6.41. The van der Waals surface area contributed by atoms with Crippen molar-refractivity contribution in [2.24, 2.45) is 22.7 Å². The van der Waals surface area contributed by atoms with E-state index in [0.717, 1.165) is 30.4 Å². The van der Waals surface area contributed by atoms with E-state index in [1.54, 1.807) is 6.20 Å². The summed E-state index contributed by atoms with van der Waals surface area (Å²) in [7, 11) is 4.38. The quantitative estimate of drug-likeness (QED) is 0.475. The zero-order valence-electron chi connectivity index (χ0n) is 21.9. The van der Waals surface area contributed by atoms with Gasteiger partial charge in [-0.05, 0) is 61.5 Å². The Bertz CT molecular complexity index is 1230. The number of aliphatic carboxylic acids is 1. The van der Waals surface area contributed by atoms with Gasteiger partial charge >= 0.3 is 17.9 Å². The number of nitrogens with one attached hydrogen (secondary N) is 1. The molecule has 38 heavy (non-hydrogen) atoms. The molecule has 1 amide bonds. The first-order valence-electron chi connectivity index (χ1n) is 12.9.